The first-order valence-corrected chi connectivity index (χ1v) is 6.22. The SMILES string of the molecule is ClCc1cc(I)cc(CCl)c1Br. The van der Waals surface area contributed by atoms with Crippen LogP contribution in [0.15, 0.2) is 16.6 Å². The molecular formula is C8H6BrCl2I. The second-order valence-corrected chi connectivity index (χ2v) is 4.88. The second-order valence-electron chi connectivity index (χ2n) is 2.31. The third kappa shape index (κ3) is 2.50. The lowest BCUT2D eigenvalue weighted by Crippen LogP contribution is -1.89. The first-order valence-electron chi connectivity index (χ1n) is 3.27. The maximum Gasteiger partial charge on any atom is 0.0485 e. The number of hydrogen-bond donors (Lipinski definition) is 0. The zero-order chi connectivity index (χ0) is 9.14. The van der Waals surface area contributed by atoms with Crippen LogP contribution in [0.25, 0.3) is 0 Å². The van der Waals surface area contributed by atoms with Crippen molar-refractivity contribution in [3.8, 4) is 0 Å². The summed E-state index contributed by atoms with van der Waals surface area (Å²) in [4.78, 5) is 0. The van der Waals surface area contributed by atoms with Crippen molar-refractivity contribution in [1.82, 2.24) is 0 Å². The van der Waals surface area contributed by atoms with E-state index in [4.69, 9.17) is 23.2 Å². The Labute approximate surface area is 104 Å². The molecule has 0 spiro atoms. The number of benzene rings is 1. The molecule has 0 aliphatic carbocycles. The van der Waals surface area contributed by atoms with Crippen molar-refractivity contribution in [3.63, 3.8) is 0 Å². The molecule has 66 valence electrons. The van der Waals surface area contributed by atoms with Crippen molar-refractivity contribution < 1.29 is 0 Å². The van der Waals surface area contributed by atoms with Gasteiger partial charge in [-0.3, -0.25) is 0 Å². The summed E-state index contributed by atoms with van der Waals surface area (Å²) in [5.74, 6) is 1.03. The van der Waals surface area contributed by atoms with E-state index in [1.54, 1.807) is 0 Å². The molecule has 0 radical (unpaired) electrons. The van der Waals surface area contributed by atoms with Gasteiger partial charge in [0.05, 0.1) is 0 Å². The van der Waals surface area contributed by atoms with Crippen LogP contribution in [-0.2, 0) is 11.8 Å². The predicted octanol–water partition coefficient (Wildman–Crippen LogP) is 4.53. The van der Waals surface area contributed by atoms with Crippen LogP contribution in [-0.4, -0.2) is 0 Å². The van der Waals surface area contributed by atoms with E-state index < -0.39 is 0 Å². The van der Waals surface area contributed by atoms with Crippen LogP contribution in [0.3, 0.4) is 0 Å². The van der Waals surface area contributed by atoms with Crippen LogP contribution in [0.5, 0.6) is 0 Å². The van der Waals surface area contributed by atoms with Crippen LogP contribution in [0.1, 0.15) is 11.1 Å². The molecule has 12 heavy (non-hydrogen) atoms. The van der Waals surface area contributed by atoms with E-state index in [0.29, 0.717) is 11.8 Å². The Kier molecular flexibility index (Phi) is 4.65. The first-order chi connectivity index (χ1) is 5.69. The van der Waals surface area contributed by atoms with Gasteiger partial charge >= 0.3 is 0 Å². The molecule has 0 saturated carbocycles. The molecule has 0 unspecified atom stereocenters. The lowest BCUT2D eigenvalue weighted by Gasteiger charge is -2.06. The zero-order valence-corrected chi connectivity index (χ0v) is 11.3. The fraction of sp³-hybridized carbons (Fsp3) is 0.250. The van der Waals surface area contributed by atoms with Crippen LogP contribution in [0.4, 0.5) is 0 Å². The van der Waals surface area contributed by atoms with Crippen LogP contribution >= 0.6 is 61.7 Å². The highest BCUT2D eigenvalue weighted by molar-refractivity contribution is 14.1. The van der Waals surface area contributed by atoms with Crippen molar-refractivity contribution in [2.75, 3.05) is 0 Å². The highest BCUT2D eigenvalue weighted by atomic mass is 127. The molecule has 1 aromatic carbocycles. The van der Waals surface area contributed by atoms with Gasteiger partial charge in [-0.25, -0.2) is 0 Å². The average Bonchev–Trinajstić information content (AvgIpc) is 2.08. The molecule has 0 saturated heterocycles. The second kappa shape index (κ2) is 5.03. The molecule has 1 aromatic rings. The van der Waals surface area contributed by atoms with Gasteiger partial charge in [0.25, 0.3) is 0 Å². The monoisotopic (exact) mass is 378 g/mol. The van der Waals surface area contributed by atoms with Crippen LogP contribution < -0.4 is 0 Å². The quantitative estimate of drug-likeness (QED) is 0.523. The van der Waals surface area contributed by atoms with Gasteiger partial charge in [0.15, 0.2) is 0 Å². The number of hydrogen-bond acceptors (Lipinski definition) is 0. The molecule has 0 fully saturated rings. The molecule has 0 aromatic heterocycles. The number of alkyl halides is 2. The summed E-state index contributed by atoms with van der Waals surface area (Å²) in [6.45, 7) is 0. The van der Waals surface area contributed by atoms with Gasteiger partial charge in [-0.05, 0) is 45.9 Å². The Morgan fingerprint density at radius 3 is 1.92 bits per heavy atom. The van der Waals surface area contributed by atoms with Gasteiger partial charge in [-0.2, -0.15) is 0 Å². The fourth-order valence-electron chi connectivity index (χ4n) is 0.902. The molecule has 4 heteroatoms. The largest absolute Gasteiger partial charge is 0.122 e. The van der Waals surface area contributed by atoms with E-state index in [2.05, 4.69) is 38.5 Å². The molecular weight excluding hydrogens is 374 g/mol. The number of rotatable bonds is 2. The maximum atomic E-state index is 5.76. The van der Waals surface area contributed by atoms with E-state index in [-0.39, 0.29) is 0 Å². The van der Waals surface area contributed by atoms with Gasteiger partial charge in [-0.1, -0.05) is 15.9 Å². The van der Waals surface area contributed by atoms with E-state index in [9.17, 15) is 0 Å². The van der Waals surface area contributed by atoms with Crippen molar-refractivity contribution in [1.29, 1.82) is 0 Å². The van der Waals surface area contributed by atoms with Crippen molar-refractivity contribution in [2.45, 2.75) is 11.8 Å². The third-order valence-electron chi connectivity index (χ3n) is 1.48. The minimum atomic E-state index is 0.515. The molecule has 0 nitrogen and oxygen atoms in total. The van der Waals surface area contributed by atoms with Gasteiger partial charge < -0.3 is 0 Å². The summed E-state index contributed by atoms with van der Waals surface area (Å²) in [5, 5.41) is 0. The van der Waals surface area contributed by atoms with Gasteiger partial charge in [0.2, 0.25) is 0 Å². The molecule has 0 aliphatic rings. The number of halogens is 4. The Bertz CT molecular complexity index is 263. The lowest BCUT2D eigenvalue weighted by molar-refractivity contribution is 1.27. The summed E-state index contributed by atoms with van der Waals surface area (Å²) >= 11 is 17.2. The maximum absolute atomic E-state index is 5.76. The third-order valence-corrected chi connectivity index (χ3v) is 3.69. The van der Waals surface area contributed by atoms with Crippen molar-refractivity contribution in [2.24, 2.45) is 0 Å². The topological polar surface area (TPSA) is 0 Å². The smallest absolute Gasteiger partial charge is 0.0485 e. The highest BCUT2D eigenvalue weighted by Gasteiger charge is 2.05. The summed E-state index contributed by atoms with van der Waals surface area (Å²) < 4.78 is 2.20. The van der Waals surface area contributed by atoms with Gasteiger partial charge in [0, 0.05) is 19.8 Å². The summed E-state index contributed by atoms with van der Waals surface area (Å²) in [6.07, 6.45) is 0. The highest BCUT2D eigenvalue weighted by Crippen LogP contribution is 2.27. The zero-order valence-electron chi connectivity index (χ0n) is 6.08. The fourth-order valence-corrected chi connectivity index (χ4v) is 2.91. The van der Waals surface area contributed by atoms with E-state index in [1.807, 2.05) is 12.1 Å². The van der Waals surface area contributed by atoms with Crippen LogP contribution in [0.2, 0.25) is 0 Å². The summed E-state index contributed by atoms with van der Waals surface area (Å²) in [5.41, 5.74) is 2.19. The standard InChI is InChI=1S/C8H6BrCl2I/c9-8-5(3-10)1-7(12)2-6(8)4-11/h1-2H,3-4H2. The molecule has 0 bridgehead atoms. The Balaban J connectivity index is 3.22. The Morgan fingerprint density at radius 1 is 1.17 bits per heavy atom. The summed E-state index contributed by atoms with van der Waals surface area (Å²) in [7, 11) is 0. The Hall–Kier alpha value is 1.01. The van der Waals surface area contributed by atoms with Gasteiger partial charge in [0.1, 0.15) is 0 Å². The van der Waals surface area contributed by atoms with E-state index >= 15 is 0 Å². The molecule has 1 rings (SSSR count). The minimum Gasteiger partial charge on any atom is -0.122 e. The molecule has 0 N–H and O–H groups in total. The molecule has 0 aliphatic heterocycles. The normalized spacial score (nSPS) is 10.3. The molecule has 0 amide bonds. The van der Waals surface area contributed by atoms with Gasteiger partial charge in [-0.15, -0.1) is 23.2 Å². The van der Waals surface area contributed by atoms with Crippen molar-refractivity contribution in [3.05, 3.63) is 31.3 Å². The molecule has 0 heterocycles. The lowest BCUT2D eigenvalue weighted by atomic mass is 10.2. The van der Waals surface area contributed by atoms with Crippen LogP contribution in [0, 0.1) is 3.57 Å². The summed E-state index contributed by atoms with van der Waals surface area (Å²) in [6, 6.07) is 4.10. The Morgan fingerprint density at radius 2 is 1.58 bits per heavy atom. The van der Waals surface area contributed by atoms with E-state index in [0.717, 1.165) is 15.6 Å². The van der Waals surface area contributed by atoms with E-state index in [1.165, 1.54) is 3.57 Å². The minimum absolute atomic E-state index is 0.515. The van der Waals surface area contributed by atoms with Crippen molar-refractivity contribution >= 4 is 61.7 Å². The molecule has 0 atom stereocenters. The first kappa shape index (κ1) is 11.1. The predicted molar refractivity (Wildman–Crippen MR) is 66.0 cm³/mol. The average molecular weight is 380 g/mol.